The Morgan fingerprint density at radius 3 is 2.56 bits per heavy atom. The molecule has 4 heteroatoms. The molecule has 0 amide bonds. The fourth-order valence-corrected chi connectivity index (χ4v) is 1.78. The zero-order valence-electron chi connectivity index (χ0n) is 10.2. The van der Waals surface area contributed by atoms with E-state index in [1.165, 1.54) is 0 Å². The molecule has 0 atom stereocenters. The normalized spacial score (nSPS) is 11.1. The molecule has 1 aromatic carbocycles. The molecule has 0 bridgehead atoms. The summed E-state index contributed by atoms with van der Waals surface area (Å²) in [6.45, 7) is 1.92. The van der Waals surface area contributed by atoms with Gasteiger partial charge in [-0.2, -0.15) is 5.10 Å². The summed E-state index contributed by atoms with van der Waals surface area (Å²) in [5.41, 5.74) is 2.44. The number of hydrogen-bond donors (Lipinski definition) is 0. The van der Waals surface area contributed by atoms with E-state index in [0.717, 1.165) is 11.4 Å². The number of halogens is 1. The van der Waals surface area contributed by atoms with Crippen LogP contribution in [0.1, 0.15) is 21.7 Å². The van der Waals surface area contributed by atoms with Gasteiger partial charge in [0.15, 0.2) is 5.78 Å². The third-order valence-corrected chi connectivity index (χ3v) is 2.82. The Hall–Kier alpha value is -1.87. The molecule has 0 N–H and O–H groups in total. The van der Waals surface area contributed by atoms with Crippen LogP contribution in [0.15, 0.2) is 36.4 Å². The Balaban J connectivity index is 2.16. The zero-order chi connectivity index (χ0) is 13.1. The van der Waals surface area contributed by atoms with Crippen LogP contribution in [0.4, 0.5) is 0 Å². The first kappa shape index (κ1) is 12.6. The maximum atomic E-state index is 11.9. The van der Waals surface area contributed by atoms with Crippen LogP contribution in [0.2, 0.25) is 5.02 Å². The van der Waals surface area contributed by atoms with Gasteiger partial charge in [-0.05, 0) is 49.4 Å². The molecule has 1 aromatic heterocycles. The number of aromatic nitrogens is 2. The second kappa shape index (κ2) is 5.19. The van der Waals surface area contributed by atoms with Crippen LogP contribution in [-0.4, -0.2) is 15.6 Å². The van der Waals surface area contributed by atoms with Crippen molar-refractivity contribution >= 4 is 23.5 Å². The highest BCUT2D eigenvalue weighted by molar-refractivity contribution is 6.30. The molecule has 0 radical (unpaired) electrons. The van der Waals surface area contributed by atoms with E-state index in [0.29, 0.717) is 10.6 Å². The predicted octanol–water partition coefficient (Wildman–Crippen LogP) is 3.28. The second-order valence-corrected chi connectivity index (χ2v) is 4.48. The molecule has 0 fully saturated rings. The van der Waals surface area contributed by atoms with Gasteiger partial charge in [-0.1, -0.05) is 11.6 Å². The molecule has 0 aliphatic rings. The summed E-state index contributed by atoms with van der Waals surface area (Å²) in [5.74, 6) is -0.0504. The van der Waals surface area contributed by atoms with E-state index in [9.17, 15) is 4.79 Å². The van der Waals surface area contributed by atoms with E-state index in [2.05, 4.69) is 5.10 Å². The molecule has 0 unspecified atom stereocenters. The van der Waals surface area contributed by atoms with Crippen LogP contribution in [0.25, 0.3) is 6.08 Å². The van der Waals surface area contributed by atoms with E-state index in [1.807, 2.05) is 20.0 Å². The Bertz CT molecular complexity index is 597. The molecule has 1 heterocycles. The minimum absolute atomic E-state index is 0.0504. The van der Waals surface area contributed by atoms with E-state index in [1.54, 1.807) is 41.1 Å². The summed E-state index contributed by atoms with van der Waals surface area (Å²) >= 11 is 5.77. The van der Waals surface area contributed by atoms with Crippen LogP contribution in [-0.2, 0) is 7.05 Å². The lowest BCUT2D eigenvalue weighted by Crippen LogP contribution is -1.96. The average Bonchev–Trinajstić information content (AvgIpc) is 2.66. The Morgan fingerprint density at radius 1 is 1.33 bits per heavy atom. The Morgan fingerprint density at radius 2 is 2.00 bits per heavy atom. The van der Waals surface area contributed by atoms with Gasteiger partial charge in [-0.25, -0.2) is 0 Å². The molecule has 0 aliphatic carbocycles. The smallest absolute Gasteiger partial charge is 0.185 e. The number of carbonyl (C=O) groups is 1. The Labute approximate surface area is 111 Å². The number of ketones is 1. The van der Waals surface area contributed by atoms with E-state index in [-0.39, 0.29) is 5.78 Å². The third kappa shape index (κ3) is 2.87. The number of allylic oxidation sites excluding steroid dienone is 1. The largest absolute Gasteiger partial charge is 0.289 e. The highest BCUT2D eigenvalue weighted by atomic mass is 35.5. The van der Waals surface area contributed by atoms with Crippen LogP contribution < -0.4 is 0 Å². The summed E-state index contributed by atoms with van der Waals surface area (Å²) in [6.07, 6.45) is 3.30. The molecule has 0 aliphatic heterocycles. The number of rotatable bonds is 3. The van der Waals surface area contributed by atoms with Crippen molar-refractivity contribution in [2.24, 2.45) is 7.05 Å². The third-order valence-electron chi connectivity index (χ3n) is 2.57. The molecule has 92 valence electrons. The summed E-state index contributed by atoms with van der Waals surface area (Å²) in [6, 6.07) is 8.76. The molecule has 18 heavy (non-hydrogen) atoms. The van der Waals surface area contributed by atoms with Crippen molar-refractivity contribution in [3.8, 4) is 0 Å². The molecular weight excluding hydrogens is 248 g/mol. The van der Waals surface area contributed by atoms with Gasteiger partial charge in [0.1, 0.15) is 0 Å². The molecule has 0 spiro atoms. The standard InChI is InChI=1S/C14H13ClN2O/c1-10-9-13(17(2)16-10)7-8-14(18)11-3-5-12(15)6-4-11/h3-9H,1-2H3/b8-7+. The molecule has 0 saturated carbocycles. The molecule has 2 aromatic rings. The van der Waals surface area contributed by atoms with Crippen molar-refractivity contribution < 1.29 is 4.79 Å². The highest BCUT2D eigenvalue weighted by Crippen LogP contribution is 2.11. The second-order valence-electron chi connectivity index (χ2n) is 4.04. The topological polar surface area (TPSA) is 34.9 Å². The summed E-state index contributed by atoms with van der Waals surface area (Å²) in [7, 11) is 1.85. The first-order valence-electron chi connectivity index (χ1n) is 5.55. The highest BCUT2D eigenvalue weighted by Gasteiger charge is 2.02. The number of nitrogens with zero attached hydrogens (tertiary/aromatic N) is 2. The Kier molecular flexibility index (Phi) is 3.63. The molecular formula is C14H13ClN2O. The van der Waals surface area contributed by atoms with Gasteiger partial charge in [-0.3, -0.25) is 9.48 Å². The van der Waals surface area contributed by atoms with E-state index in [4.69, 9.17) is 11.6 Å². The molecule has 0 saturated heterocycles. The van der Waals surface area contributed by atoms with E-state index < -0.39 is 0 Å². The van der Waals surface area contributed by atoms with Crippen molar-refractivity contribution in [1.82, 2.24) is 9.78 Å². The van der Waals surface area contributed by atoms with Gasteiger partial charge in [0, 0.05) is 17.6 Å². The van der Waals surface area contributed by atoms with Gasteiger partial charge in [0.25, 0.3) is 0 Å². The predicted molar refractivity (Wildman–Crippen MR) is 72.8 cm³/mol. The van der Waals surface area contributed by atoms with Gasteiger partial charge in [0.05, 0.1) is 11.4 Å². The van der Waals surface area contributed by atoms with Crippen LogP contribution in [0, 0.1) is 6.92 Å². The minimum Gasteiger partial charge on any atom is -0.289 e. The average molecular weight is 261 g/mol. The van der Waals surface area contributed by atoms with Crippen LogP contribution >= 0.6 is 11.6 Å². The van der Waals surface area contributed by atoms with Gasteiger partial charge in [-0.15, -0.1) is 0 Å². The quantitative estimate of drug-likeness (QED) is 0.627. The van der Waals surface area contributed by atoms with Crippen molar-refractivity contribution in [3.05, 3.63) is 58.4 Å². The maximum absolute atomic E-state index is 11.9. The summed E-state index contributed by atoms with van der Waals surface area (Å²) < 4.78 is 1.74. The summed E-state index contributed by atoms with van der Waals surface area (Å²) in [4.78, 5) is 11.9. The van der Waals surface area contributed by atoms with Gasteiger partial charge in [0.2, 0.25) is 0 Å². The van der Waals surface area contributed by atoms with Crippen molar-refractivity contribution in [3.63, 3.8) is 0 Å². The summed E-state index contributed by atoms with van der Waals surface area (Å²) in [5, 5.41) is 4.83. The van der Waals surface area contributed by atoms with Crippen molar-refractivity contribution in [1.29, 1.82) is 0 Å². The van der Waals surface area contributed by atoms with Gasteiger partial charge < -0.3 is 0 Å². The van der Waals surface area contributed by atoms with Crippen LogP contribution in [0.3, 0.4) is 0 Å². The van der Waals surface area contributed by atoms with Gasteiger partial charge >= 0.3 is 0 Å². The zero-order valence-corrected chi connectivity index (χ0v) is 11.0. The SMILES string of the molecule is Cc1cc(/C=C/C(=O)c2ccc(Cl)cc2)n(C)n1. The lowest BCUT2D eigenvalue weighted by Gasteiger charge is -1.96. The molecule has 2 rings (SSSR count). The lowest BCUT2D eigenvalue weighted by atomic mass is 10.1. The molecule has 3 nitrogen and oxygen atoms in total. The first-order valence-corrected chi connectivity index (χ1v) is 5.92. The number of hydrogen-bond acceptors (Lipinski definition) is 2. The fourth-order valence-electron chi connectivity index (χ4n) is 1.66. The fraction of sp³-hybridized carbons (Fsp3) is 0.143. The first-order chi connectivity index (χ1) is 8.56. The number of aryl methyl sites for hydroxylation is 2. The maximum Gasteiger partial charge on any atom is 0.185 e. The van der Waals surface area contributed by atoms with Crippen molar-refractivity contribution in [2.45, 2.75) is 6.92 Å². The lowest BCUT2D eigenvalue weighted by molar-refractivity contribution is 0.104. The number of benzene rings is 1. The van der Waals surface area contributed by atoms with Crippen molar-refractivity contribution in [2.75, 3.05) is 0 Å². The van der Waals surface area contributed by atoms with Crippen LogP contribution in [0.5, 0.6) is 0 Å². The van der Waals surface area contributed by atoms with E-state index >= 15 is 0 Å². The minimum atomic E-state index is -0.0504. The number of carbonyl (C=O) groups excluding carboxylic acids is 1. The monoisotopic (exact) mass is 260 g/mol.